The maximum Gasteiger partial charge on any atom is 0.142 e. The van der Waals surface area contributed by atoms with Gasteiger partial charge in [0.25, 0.3) is 0 Å². The van der Waals surface area contributed by atoms with E-state index in [1.54, 1.807) is 0 Å². The number of hydrogen-bond donors (Lipinski definition) is 1. The maximum absolute atomic E-state index is 13.5. The Morgan fingerprint density at radius 1 is 1.39 bits per heavy atom. The highest BCUT2D eigenvalue weighted by molar-refractivity contribution is 7.85. The normalized spacial score (nSPS) is 27.2. The molecule has 2 atom stereocenters. The Morgan fingerprint density at radius 3 is 2.67 bits per heavy atom. The zero-order valence-corrected chi connectivity index (χ0v) is 12.4. The van der Waals surface area contributed by atoms with E-state index in [1.165, 1.54) is 12.1 Å². The van der Waals surface area contributed by atoms with Gasteiger partial charge in [-0.3, -0.25) is 4.21 Å². The minimum absolute atomic E-state index is 0.0000536. The van der Waals surface area contributed by atoms with Crippen LogP contribution in [0.2, 0.25) is 10.0 Å². The summed E-state index contributed by atoms with van der Waals surface area (Å²) < 4.78 is 25.3. The molecule has 0 aromatic heterocycles. The molecule has 1 aromatic carbocycles. The summed E-state index contributed by atoms with van der Waals surface area (Å²) in [6.45, 7) is 3.94. The third-order valence-corrected chi connectivity index (χ3v) is 5.22. The van der Waals surface area contributed by atoms with Crippen molar-refractivity contribution in [2.75, 3.05) is 11.5 Å². The van der Waals surface area contributed by atoms with Crippen LogP contribution in [-0.2, 0) is 10.8 Å². The quantitative estimate of drug-likeness (QED) is 0.806. The van der Waals surface area contributed by atoms with Gasteiger partial charge >= 0.3 is 0 Å². The predicted molar refractivity (Wildman–Crippen MR) is 74.3 cm³/mol. The standard InChI is InChI=1S/C12H14Cl2FNOS/c1-12(2)6-18(17)5-11(16-12)7-3-10(15)9(14)4-8(7)13/h3-4,11,16H,5-6H2,1-2H3. The zero-order chi connectivity index (χ0) is 13.5. The molecule has 1 aromatic rings. The molecule has 0 amide bonds. The number of nitrogens with one attached hydrogen (secondary N) is 1. The second kappa shape index (κ2) is 5.08. The van der Waals surface area contributed by atoms with Crippen LogP contribution < -0.4 is 5.32 Å². The summed E-state index contributed by atoms with van der Waals surface area (Å²) in [7, 11) is -0.937. The molecule has 0 bridgehead atoms. The molecule has 1 heterocycles. The van der Waals surface area contributed by atoms with Crippen LogP contribution in [0.4, 0.5) is 4.39 Å². The van der Waals surface area contributed by atoms with Gasteiger partial charge in [0.2, 0.25) is 0 Å². The lowest BCUT2D eigenvalue weighted by Gasteiger charge is -2.37. The molecular weight excluding hydrogens is 296 g/mol. The molecule has 1 N–H and O–H groups in total. The lowest BCUT2D eigenvalue weighted by Crippen LogP contribution is -2.52. The van der Waals surface area contributed by atoms with Crippen LogP contribution in [0.1, 0.15) is 25.5 Å². The highest BCUT2D eigenvalue weighted by Crippen LogP contribution is 2.32. The molecule has 1 aliphatic heterocycles. The second-order valence-corrected chi connectivity index (χ2v) is 7.44. The lowest BCUT2D eigenvalue weighted by molar-refractivity contribution is 0.368. The first-order valence-electron chi connectivity index (χ1n) is 5.55. The first-order valence-corrected chi connectivity index (χ1v) is 7.80. The van der Waals surface area contributed by atoms with Crippen LogP contribution in [0.5, 0.6) is 0 Å². The molecule has 1 saturated heterocycles. The van der Waals surface area contributed by atoms with E-state index in [4.69, 9.17) is 23.2 Å². The molecule has 6 heteroatoms. The van der Waals surface area contributed by atoms with Gasteiger partial charge in [0, 0.05) is 38.9 Å². The first kappa shape index (κ1) is 14.3. The minimum atomic E-state index is -0.937. The predicted octanol–water partition coefficient (Wildman–Crippen LogP) is 3.30. The van der Waals surface area contributed by atoms with Crippen molar-refractivity contribution in [3.05, 3.63) is 33.6 Å². The fraction of sp³-hybridized carbons (Fsp3) is 0.500. The van der Waals surface area contributed by atoms with Gasteiger partial charge in [-0.05, 0) is 31.5 Å². The molecule has 2 rings (SSSR count). The van der Waals surface area contributed by atoms with Gasteiger partial charge in [-0.1, -0.05) is 23.2 Å². The van der Waals surface area contributed by atoms with E-state index in [9.17, 15) is 8.60 Å². The molecule has 0 aliphatic carbocycles. The summed E-state index contributed by atoms with van der Waals surface area (Å²) in [5.41, 5.74) is 0.354. The van der Waals surface area contributed by atoms with Gasteiger partial charge in [0.1, 0.15) is 5.82 Å². The van der Waals surface area contributed by atoms with Crippen molar-refractivity contribution < 1.29 is 8.60 Å². The van der Waals surface area contributed by atoms with Gasteiger partial charge in [-0.15, -0.1) is 0 Å². The number of hydrogen-bond acceptors (Lipinski definition) is 2. The molecular formula is C12H14Cl2FNOS. The van der Waals surface area contributed by atoms with Gasteiger partial charge in [0.05, 0.1) is 5.02 Å². The van der Waals surface area contributed by atoms with Crippen LogP contribution in [0, 0.1) is 5.82 Å². The Balaban J connectivity index is 2.37. The topological polar surface area (TPSA) is 29.1 Å². The Kier molecular flexibility index (Phi) is 4.02. The summed E-state index contributed by atoms with van der Waals surface area (Å²) in [6.07, 6.45) is 0. The summed E-state index contributed by atoms with van der Waals surface area (Å²) in [5.74, 6) is 0.508. The molecule has 2 unspecified atom stereocenters. The van der Waals surface area contributed by atoms with Crippen LogP contribution in [-0.4, -0.2) is 21.3 Å². The molecule has 1 aliphatic rings. The van der Waals surface area contributed by atoms with E-state index in [0.29, 0.717) is 22.1 Å². The average Bonchev–Trinajstić information content (AvgIpc) is 2.20. The monoisotopic (exact) mass is 309 g/mol. The van der Waals surface area contributed by atoms with Gasteiger partial charge in [-0.25, -0.2) is 4.39 Å². The summed E-state index contributed by atoms with van der Waals surface area (Å²) in [6, 6.07) is 2.50. The minimum Gasteiger partial charge on any atom is -0.303 e. The average molecular weight is 310 g/mol. The van der Waals surface area contributed by atoms with E-state index in [2.05, 4.69) is 5.32 Å². The van der Waals surface area contributed by atoms with E-state index >= 15 is 0 Å². The molecule has 0 spiro atoms. The molecule has 2 nitrogen and oxygen atoms in total. The van der Waals surface area contributed by atoms with E-state index in [-0.39, 0.29) is 16.6 Å². The fourth-order valence-corrected chi connectivity index (χ4v) is 4.33. The van der Waals surface area contributed by atoms with Gasteiger partial charge < -0.3 is 5.32 Å². The Labute approximate surface area is 118 Å². The summed E-state index contributed by atoms with van der Waals surface area (Å²) in [4.78, 5) is 0. The van der Waals surface area contributed by atoms with Crippen molar-refractivity contribution in [2.45, 2.75) is 25.4 Å². The lowest BCUT2D eigenvalue weighted by atomic mass is 10.0. The van der Waals surface area contributed by atoms with Crippen LogP contribution in [0.25, 0.3) is 0 Å². The Bertz CT molecular complexity index is 507. The molecule has 100 valence electrons. The highest BCUT2D eigenvalue weighted by atomic mass is 35.5. The largest absolute Gasteiger partial charge is 0.303 e. The van der Waals surface area contributed by atoms with Crippen molar-refractivity contribution in [1.29, 1.82) is 0 Å². The van der Waals surface area contributed by atoms with Crippen LogP contribution in [0.15, 0.2) is 12.1 Å². The number of rotatable bonds is 1. The van der Waals surface area contributed by atoms with Crippen molar-refractivity contribution in [3.63, 3.8) is 0 Å². The van der Waals surface area contributed by atoms with Crippen molar-refractivity contribution in [3.8, 4) is 0 Å². The van der Waals surface area contributed by atoms with E-state index in [1.807, 2.05) is 13.8 Å². The van der Waals surface area contributed by atoms with Crippen molar-refractivity contribution >= 4 is 34.0 Å². The van der Waals surface area contributed by atoms with E-state index in [0.717, 1.165) is 0 Å². The van der Waals surface area contributed by atoms with Crippen molar-refractivity contribution in [1.82, 2.24) is 5.32 Å². The Hall–Kier alpha value is -0.160. The molecule has 0 saturated carbocycles. The fourth-order valence-electron chi connectivity index (χ4n) is 2.17. The van der Waals surface area contributed by atoms with Gasteiger partial charge in [0.15, 0.2) is 0 Å². The smallest absolute Gasteiger partial charge is 0.142 e. The molecule has 0 radical (unpaired) electrons. The van der Waals surface area contributed by atoms with E-state index < -0.39 is 16.6 Å². The number of benzene rings is 1. The Morgan fingerprint density at radius 2 is 2.06 bits per heavy atom. The summed E-state index contributed by atoms with van der Waals surface area (Å²) >= 11 is 11.8. The van der Waals surface area contributed by atoms with Crippen molar-refractivity contribution in [2.24, 2.45) is 0 Å². The van der Waals surface area contributed by atoms with Crippen LogP contribution in [0.3, 0.4) is 0 Å². The first-order chi connectivity index (χ1) is 8.28. The maximum atomic E-state index is 13.5. The third-order valence-electron chi connectivity index (χ3n) is 2.85. The summed E-state index contributed by atoms with van der Waals surface area (Å²) in [5, 5.41) is 3.74. The SMILES string of the molecule is CC1(C)CS(=O)CC(c2cc(F)c(Cl)cc2Cl)N1. The molecule has 1 fully saturated rings. The van der Waals surface area contributed by atoms with Crippen LogP contribution >= 0.6 is 23.2 Å². The second-order valence-electron chi connectivity index (χ2n) is 5.12. The zero-order valence-electron chi connectivity index (χ0n) is 10.1. The third kappa shape index (κ3) is 3.05. The molecule has 18 heavy (non-hydrogen) atoms. The highest BCUT2D eigenvalue weighted by Gasteiger charge is 2.33. The van der Waals surface area contributed by atoms with Gasteiger partial charge in [-0.2, -0.15) is 0 Å². The number of halogens is 3.